The van der Waals surface area contributed by atoms with Gasteiger partial charge in [-0.25, -0.2) is 0 Å². The van der Waals surface area contributed by atoms with Gasteiger partial charge in [0.2, 0.25) is 0 Å². The molecule has 0 aliphatic heterocycles. The van der Waals surface area contributed by atoms with Crippen LogP contribution in [0.4, 0.5) is 0 Å². The van der Waals surface area contributed by atoms with Gasteiger partial charge in [0.15, 0.2) is 11.7 Å². The molecule has 1 rings (SSSR count). The van der Waals surface area contributed by atoms with Crippen molar-refractivity contribution in [3.63, 3.8) is 0 Å². The van der Waals surface area contributed by atoms with Gasteiger partial charge in [0.25, 0.3) is 0 Å². The molecule has 1 heterocycles. The lowest BCUT2D eigenvalue weighted by Crippen LogP contribution is -2.43. The van der Waals surface area contributed by atoms with Gasteiger partial charge in [-0.2, -0.15) is 0 Å². The third kappa shape index (κ3) is 5.40. The predicted octanol–water partition coefficient (Wildman–Crippen LogP) is 3.29. The Morgan fingerprint density at radius 1 is 1.29 bits per heavy atom. The lowest BCUT2D eigenvalue weighted by atomic mass is 9.99. The van der Waals surface area contributed by atoms with Gasteiger partial charge in [-0.1, -0.05) is 32.9 Å². The molecule has 0 spiro atoms. The highest BCUT2D eigenvalue weighted by Gasteiger charge is 2.14. The van der Waals surface area contributed by atoms with E-state index in [0.717, 1.165) is 30.3 Å². The summed E-state index contributed by atoms with van der Waals surface area (Å²) in [4.78, 5) is 4.23. The number of nitrogens with one attached hydrogen (secondary N) is 2. The zero-order valence-corrected chi connectivity index (χ0v) is 14.2. The molecular weight excluding hydrogens is 264 g/mol. The van der Waals surface area contributed by atoms with Crippen LogP contribution in [-0.2, 0) is 6.54 Å². The van der Waals surface area contributed by atoms with E-state index in [1.165, 1.54) is 0 Å². The van der Waals surface area contributed by atoms with E-state index in [1.807, 2.05) is 6.07 Å². The van der Waals surface area contributed by atoms with Gasteiger partial charge >= 0.3 is 0 Å². The monoisotopic (exact) mass is 294 g/mol. The van der Waals surface area contributed by atoms with Crippen molar-refractivity contribution in [2.75, 3.05) is 7.05 Å². The smallest absolute Gasteiger partial charge is 0.191 e. The van der Waals surface area contributed by atoms with Crippen molar-refractivity contribution in [2.24, 2.45) is 10.9 Å². The molecule has 0 aliphatic rings. The summed E-state index contributed by atoms with van der Waals surface area (Å²) >= 11 is 0. The van der Waals surface area contributed by atoms with E-state index in [4.69, 9.17) is 4.52 Å². The Morgan fingerprint density at radius 2 is 1.95 bits per heavy atom. The van der Waals surface area contributed by atoms with E-state index in [2.05, 4.69) is 55.4 Å². The quantitative estimate of drug-likeness (QED) is 0.598. The zero-order valence-electron chi connectivity index (χ0n) is 14.2. The van der Waals surface area contributed by atoms with Crippen molar-refractivity contribution < 1.29 is 4.52 Å². The van der Waals surface area contributed by atoms with Gasteiger partial charge in [-0.3, -0.25) is 4.99 Å². The molecule has 0 radical (unpaired) electrons. The fourth-order valence-electron chi connectivity index (χ4n) is 2.06. The molecule has 1 aromatic rings. The molecule has 0 aliphatic carbocycles. The van der Waals surface area contributed by atoms with Gasteiger partial charge in [0, 0.05) is 25.1 Å². The van der Waals surface area contributed by atoms with E-state index in [1.54, 1.807) is 7.05 Å². The summed E-state index contributed by atoms with van der Waals surface area (Å²) in [5.41, 5.74) is 1.05. The van der Waals surface area contributed by atoms with E-state index in [-0.39, 0.29) is 0 Å². The van der Waals surface area contributed by atoms with Crippen LogP contribution < -0.4 is 10.6 Å². The van der Waals surface area contributed by atoms with Crippen LogP contribution in [0.25, 0.3) is 0 Å². The standard InChI is InChI=1S/C16H30N4O/c1-7-13(8-2)15-9-14(21-20-15)10-18-16(17-6)19-12(5)11(3)4/h9,11-13H,7-8,10H2,1-6H3,(H2,17,18,19). The van der Waals surface area contributed by atoms with Gasteiger partial charge in [0.05, 0.1) is 12.2 Å². The Hall–Kier alpha value is -1.52. The van der Waals surface area contributed by atoms with Crippen LogP contribution in [0, 0.1) is 5.92 Å². The first kappa shape index (κ1) is 17.5. The molecular formula is C16H30N4O. The Kier molecular flexibility index (Phi) is 7.26. The number of rotatable bonds is 7. The van der Waals surface area contributed by atoms with E-state index in [9.17, 15) is 0 Å². The molecule has 120 valence electrons. The molecule has 5 heteroatoms. The van der Waals surface area contributed by atoms with Gasteiger partial charge in [-0.15, -0.1) is 0 Å². The molecule has 0 fully saturated rings. The minimum atomic E-state index is 0.367. The summed E-state index contributed by atoms with van der Waals surface area (Å²) in [6.07, 6.45) is 2.18. The second-order valence-electron chi connectivity index (χ2n) is 5.83. The van der Waals surface area contributed by atoms with Crippen LogP contribution in [0.1, 0.15) is 64.8 Å². The minimum Gasteiger partial charge on any atom is -0.359 e. The van der Waals surface area contributed by atoms with Gasteiger partial charge in [0.1, 0.15) is 0 Å². The van der Waals surface area contributed by atoms with E-state index in [0.29, 0.717) is 24.4 Å². The first-order valence-corrected chi connectivity index (χ1v) is 7.94. The average Bonchev–Trinajstić information content (AvgIpc) is 2.93. The van der Waals surface area contributed by atoms with Crippen molar-refractivity contribution in [1.82, 2.24) is 15.8 Å². The molecule has 0 bridgehead atoms. The summed E-state index contributed by atoms with van der Waals surface area (Å²) < 4.78 is 5.40. The average molecular weight is 294 g/mol. The van der Waals surface area contributed by atoms with E-state index < -0.39 is 0 Å². The highest BCUT2D eigenvalue weighted by Crippen LogP contribution is 2.22. The third-order valence-corrected chi connectivity index (χ3v) is 4.00. The lowest BCUT2D eigenvalue weighted by molar-refractivity contribution is 0.367. The number of aliphatic imine (C=N–C) groups is 1. The fourth-order valence-corrected chi connectivity index (χ4v) is 2.06. The molecule has 0 amide bonds. The number of guanidine groups is 1. The summed E-state index contributed by atoms with van der Waals surface area (Å²) in [7, 11) is 1.78. The molecule has 1 atom stereocenters. The number of hydrogen-bond donors (Lipinski definition) is 2. The van der Waals surface area contributed by atoms with Crippen molar-refractivity contribution in [2.45, 2.75) is 66.0 Å². The second-order valence-corrected chi connectivity index (χ2v) is 5.83. The SMILES string of the molecule is CCC(CC)c1cc(CNC(=NC)NC(C)C(C)C)on1. The molecule has 21 heavy (non-hydrogen) atoms. The summed E-state index contributed by atoms with van der Waals surface area (Å²) in [5.74, 6) is 2.67. The van der Waals surface area contributed by atoms with Crippen molar-refractivity contribution in [3.8, 4) is 0 Å². The number of nitrogens with zero attached hydrogens (tertiary/aromatic N) is 2. The topological polar surface area (TPSA) is 62.5 Å². The summed E-state index contributed by atoms with van der Waals surface area (Å²) in [6, 6.07) is 2.41. The summed E-state index contributed by atoms with van der Waals surface area (Å²) in [6.45, 7) is 11.5. The normalized spacial score (nSPS) is 13.8. The maximum Gasteiger partial charge on any atom is 0.191 e. The fraction of sp³-hybridized carbons (Fsp3) is 0.750. The highest BCUT2D eigenvalue weighted by atomic mass is 16.5. The molecule has 0 saturated heterocycles. The highest BCUT2D eigenvalue weighted by molar-refractivity contribution is 5.79. The second kappa shape index (κ2) is 8.70. The number of hydrogen-bond acceptors (Lipinski definition) is 3. The summed E-state index contributed by atoms with van der Waals surface area (Å²) in [5, 5.41) is 10.8. The Morgan fingerprint density at radius 3 is 2.48 bits per heavy atom. The van der Waals surface area contributed by atoms with Crippen molar-refractivity contribution >= 4 is 5.96 Å². The Balaban J connectivity index is 2.54. The zero-order chi connectivity index (χ0) is 15.8. The van der Waals surface area contributed by atoms with Crippen molar-refractivity contribution in [1.29, 1.82) is 0 Å². The minimum absolute atomic E-state index is 0.367. The third-order valence-electron chi connectivity index (χ3n) is 4.00. The molecule has 5 nitrogen and oxygen atoms in total. The van der Waals surface area contributed by atoms with Crippen LogP contribution in [0.3, 0.4) is 0 Å². The maximum absolute atomic E-state index is 5.40. The van der Waals surface area contributed by atoms with Crippen LogP contribution in [0.15, 0.2) is 15.6 Å². The lowest BCUT2D eigenvalue weighted by Gasteiger charge is -2.20. The van der Waals surface area contributed by atoms with Crippen LogP contribution in [-0.4, -0.2) is 24.2 Å². The predicted molar refractivity (Wildman–Crippen MR) is 87.5 cm³/mol. The Bertz CT molecular complexity index is 435. The first-order valence-electron chi connectivity index (χ1n) is 7.94. The number of aromatic nitrogens is 1. The maximum atomic E-state index is 5.40. The first-order chi connectivity index (χ1) is 10.0. The largest absolute Gasteiger partial charge is 0.359 e. The molecule has 2 N–H and O–H groups in total. The Labute approximate surface area is 128 Å². The van der Waals surface area contributed by atoms with Gasteiger partial charge < -0.3 is 15.2 Å². The van der Waals surface area contributed by atoms with Crippen LogP contribution in [0.5, 0.6) is 0 Å². The van der Waals surface area contributed by atoms with Crippen LogP contribution in [0.2, 0.25) is 0 Å². The molecule has 0 aromatic carbocycles. The molecule has 1 unspecified atom stereocenters. The van der Waals surface area contributed by atoms with Crippen molar-refractivity contribution in [3.05, 3.63) is 17.5 Å². The van der Waals surface area contributed by atoms with E-state index >= 15 is 0 Å². The molecule has 0 saturated carbocycles. The van der Waals surface area contributed by atoms with Crippen LogP contribution >= 0.6 is 0 Å². The van der Waals surface area contributed by atoms with Gasteiger partial charge in [-0.05, 0) is 25.7 Å². The molecule has 1 aromatic heterocycles.